The second-order valence-electron chi connectivity index (χ2n) is 5.11. The van der Waals surface area contributed by atoms with Gasteiger partial charge in [-0.1, -0.05) is 12.1 Å². The third-order valence-electron chi connectivity index (χ3n) is 3.28. The molecular formula is C15H22N4. The summed E-state index contributed by atoms with van der Waals surface area (Å²) >= 11 is 0. The zero-order valence-corrected chi connectivity index (χ0v) is 12.1. The van der Waals surface area contributed by atoms with Gasteiger partial charge in [0.2, 0.25) is 0 Å². The summed E-state index contributed by atoms with van der Waals surface area (Å²) in [5.41, 5.74) is 3.73. The molecule has 2 rings (SSSR count). The molecule has 4 heteroatoms. The highest BCUT2D eigenvalue weighted by molar-refractivity contribution is 5.46. The Balaban J connectivity index is 1.94. The highest BCUT2D eigenvalue weighted by Gasteiger charge is 2.06. The van der Waals surface area contributed by atoms with E-state index < -0.39 is 0 Å². The van der Waals surface area contributed by atoms with Crippen LogP contribution in [0.3, 0.4) is 0 Å². The first-order chi connectivity index (χ1) is 9.06. The average molecular weight is 258 g/mol. The summed E-state index contributed by atoms with van der Waals surface area (Å²) in [6, 6.07) is 8.98. The maximum atomic E-state index is 4.17. The predicted molar refractivity (Wildman–Crippen MR) is 79.2 cm³/mol. The van der Waals surface area contributed by atoms with Crippen molar-refractivity contribution in [2.45, 2.75) is 19.5 Å². The molecule has 1 aromatic heterocycles. The van der Waals surface area contributed by atoms with Gasteiger partial charge in [-0.2, -0.15) is 5.10 Å². The minimum atomic E-state index is 0.330. The van der Waals surface area contributed by atoms with E-state index in [-0.39, 0.29) is 0 Å². The maximum Gasteiger partial charge on any atom is 0.0534 e. The Hall–Kier alpha value is -1.81. The first kappa shape index (κ1) is 13.6. The van der Waals surface area contributed by atoms with Gasteiger partial charge in [-0.25, -0.2) is 0 Å². The number of rotatable bonds is 5. The van der Waals surface area contributed by atoms with Crippen LogP contribution in [0.5, 0.6) is 0 Å². The van der Waals surface area contributed by atoms with Gasteiger partial charge in [-0.3, -0.25) is 4.68 Å². The van der Waals surface area contributed by atoms with Crippen LogP contribution in [0, 0.1) is 0 Å². The van der Waals surface area contributed by atoms with Crippen LogP contribution in [0.1, 0.15) is 24.1 Å². The number of nitrogens with one attached hydrogen (secondary N) is 1. The van der Waals surface area contributed by atoms with Crippen LogP contribution in [0.2, 0.25) is 0 Å². The zero-order chi connectivity index (χ0) is 13.8. The van der Waals surface area contributed by atoms with Crippen molar-refractivity contribution >= 4 is 5.69 Å². The molecule has 1 heterocycles. The second-order valence-corrected chi connectivity index (χ2v) is 5.11. The molecule has 19 heavy (non-hydrogen) atoms. The molecule has 2 aromatic rings. The Morgan fingerprint density at radius 2 is 1.95 bits per heavy atom. The number of benzene rings is 1. The summed E-state index contributed by atoms with van der Waals surface area (Å²) in [4.78, 5) is 2.11. The van der Waals surface area contributed by atoms with E-state index in [0.29, 0.717) is 6.04 Å². The van der Waals surface area contributed by atoms with E-state index in [1.807, 2.05) is 24.1 Å². The fraction of sp³-hybridized carbons (Fsp3) is 0.400. The van der Waals surface area contributed by atoms with Crippen molar-refractivity contribution < 1.29 is 0 Å². The minimum absolute atomic E-state index is 0.330. The van der Waals surface area contributed by atoms with Crippen LogP contribution < -0.4 is 10.2 Å². The molecule has 1 unspecified atom stereocenters. The van der Waals surface area contributed by atoms with Crippen LogP contribution in [-0.4, -0.2) is 23.9 Å². The van der Waals surface area contributed by atoms with E-state index in [0.717, 1.165) is 6.54 Å². The van der Waals surface area contributed by atoms with Crippen LogP contribution in [-0.2, 0) is 13.6 Å². The van der Waals surface area contributed by atoms with Gasteiger partial charge in [-0.05, 0) is 24.6 Å². The third-order valence-corrected chi connectivity index (χ3v) is 3.28. The van der Waals surface area contributed by atoms with Crippen molar-refractivity contribution in [2.75, 3.05) is 19.0 Å². The maximum absolute atomic E-state index is 4.17. The molecule has 0 aliphatic heterocycles. The van der Waals surface area contributed by atoms with Crippen molar-refractivity contribution in [3.05, 3.63) is 47.8 Å². The van der Waals surface area contributed by atoms with Gasteiger partial charge in [0, 0.05) is 51.2 Å². The van der Waals surface area contributed by atoms with Gasteiger partial charge >= 0.3 is 0 Å². The largest absolute Gasteiger partial charge is 0.378 e. The van der Waals surface area contributed by atoms with Gasteiger partial charge in [0.25, 0.3) is 0 Å². The number of aryl methyl sites for hydroxylation is 1. The molecule has 4 nitrogen and oxygen atoms in total. The van der Waals surface area contributed by atoms with Crippen molar-refractivity contribution in [2.24, 2.45) is 7.05 Å². The van der Waals surface area contributed by atoms with E-state index in [2.05, 4.69) is 60.6 Å². The summed E-state index contributed by atoms with van der Waals surface area (Å²) in [5.74, 6) is 0. The predicted octanol–water partition coefficient (Wildman–Crippen LogP) is 2.34. The molecule has 102 valence electrons. The first-order valence-electron chi connectivity index (χ1n) is 6.54. The van der Waals surface area contributed by atoms with Crippen LogP contribution in [0.4, 0.5) is 5.69 Å². The molecule has 0 saturated carbocycles. The summed E-state index contributed by atoms with van der Waals surface area (Å²) in [6.45, 7) is 3.02. The van der Waals surface area contributed by atoms with Gasteiger partial charge in [-0.15, -0.1) is 0 Å². The standard InChI is InChI=1S/C15H22N4/c1-12(16-9-13-10-17-19(4)11-13)14-5-7-15(8-6-14)18(2)3/h5-8,10-12,16H,9H2,1-4H3. The molecule has 0 aliphatic carbocycles. The number of anilines is 1. The summed E-state index contributed by atoms with van der Waals surface area (Å²) in [6.07, 6.45) is 3.93. The molecule has 0 spiro atoms. The van der Waals surface area contributed by atoms with Crippen molar-refractivity contribution in [1.29, 1.82) is 0 Å². The highest BCUT2D eigenvalue weighted by atomic mass is 15.2. The lowest BCUT2D eigenvalue weighted by Crippen LogP contribution is -2.18. The number of hydrogen-bond acceptors (Lipinski definition) is 3. The highest BCUT2D eigenvalue weighted by Crippen LogP contribution is 2.17. The lowest BCUT2D eigenvalue weighted by molar-refractivity contribution is 0.574. The Kier molecular flexibility index (Phi) is 4.22. The van der Waals surface area contributed by atoms with Crippen LogP contribution in [0.25, 0.3) is 0 Å². The molecule has 1 aromatic carbocycles. The van der Waals surface area contributed by atoms with Crippen LogP contribution in [0.15, 0.2) is 36.7 Å². The molecule has 0 saturated heterocycles. The molecule has 0 bridgehead atoms. The summed E-state index contributed by atoms with van der Waals surface area (Å²) < 4.78 is 1.83. The summed E-state index contributed by atoms with van der Waals surface area (Å²) in [5, 5.41) is 7.68. The average Bonchev–Trinajstić information content (AvgIpc) is 2.82. The quantitative estimate of drug-likeness (QED) is 0.893. The second kappa shape index (κ2) is 5.89. The van der Waals surface area contributed by atoms with Gasteiger partial charge in [0.15, 0.2) is 0 Å². The van der Waals surface area contributed by atoms with Gasteiger partial charge < -0.3 is 10.2 Å². The molecule has 1 N–H and O–H groups in total. The molecule has 0 amide bonds. The van der Waals surface area contributed by atoms with Crippen molar-refractivity contribution in [1.82, 2.24) is 15.1 Å². The fourth-order valence-electron chi connectivity index (χ4n) is 2.01. The Morgan fingerprint density at radius 1 is 1.26 bits per heavy atom. The Labute approximate surface area is 115 Å². The molecular weight excluding hydrogens is 236 g/mol. The Morgan fingerprint density at radius 3 is 2.47 bits per heavy atom. The van der Waals surface area contributed by atoms with Gasteiger partial charge in [0.05, 0.1) is 6.20 Å². The zero-order valence-electron chi connectivity index (χ0n) is 12.1. The van der Waals surface area contributed by atoms with E-state index in [9.17, 15) is 0 Å². The molecule has 0 fully saturated rings. The fourth-order valence-corrected chi connectivity index (χ4v) is 2.01. The van der Waals surface area contributed by atoms with E-state index >= 15 is 0 Å². The minimum Gasteiger partial charge on any atom is -0.378 e. The molecule has 0 radical (unpaired) electrons. The Bertz CT molecular complexity index is 513. The van der Waals surface area contributed by atoms with Gasteiger partial charge in [0.1, 0.15) is 0 Å². The summed E-state index contributed by atoms with van der Waals surface area (Å²) in [7, 11) is 6.05. The van der Waals surface area contributed by atoms with Crippen LogP contribution >= 0.6 is 0 Å². The lowest BCUT2D eigenvalue weighted by atomic mass is 10.1. The number of hydrogen-bond donors (Lipinski definition) is 1. The number of aromatic nitrogens is 2. The normalized spacial score (nSPS) is 12.4. The van der Waals surface area contributed by atoms with E-state index in [1.54, 1.807) is 0 Å². The van der Waals surface area contributed by atoms with E-state index in [4.69, 9.17) is 0 Å². The molecule has 1 atom stereocenters. The third kappa shape index (κ3) is 3.58. The number of nitrogens with zero attached hydrogens (tertiary/aromatic N) is 3. The smallest absolute Gasteiger partial charge is 0.0534 e. The van der Waals surface area contributed by atoms with Crippen molar-refractivity contribution in [3.8, 4) is 0 Å². The SMILES string of the molecule is CC(NCc1cnn(C)c1)c1ccc(N(C)C)cc1. The lowest BCUT2D eigenvalue weighted by Gasteiger charge is -2.16. The monoisotopic (exact) mass is 258 g/mol. The topological polar surface area (TPSA) is 33.1 Å². The molecule has 0 aliphatic rings. The van der Waals surface area contributed by atoms with Crippen molar-refractivity contribution in [3.63, 3.8) is 0 Å². The van der Waals surface area contributed by atoms with E-state index in [1.165, 1.54) is 16.8 Å². The first-order valence-corrected chi connectivity index (χ1v) is 6.54.